The zero-order valence-electron chi connectivity index (χ0n) is 22.0. The molecule has 0 bridgehead atoms. The van der Waals surface area contributed by atoms with Crippen LogP contribution in [-0.2, 0) is 32.3 Å². The smallest absolute Gasteiger partial charge is 0.408 e. The first-order chi connectivity index (χ1) is 18.2. The number of carbonyl (C=O) groups excluding carboxylic acids is 4. The van der Waals surface area contributed by atoms with Crippen molar-refractivity contribution in [2.24, 2.45) is 11.7 Å². The van der Waals surface area contributed by atoms with Crippen LogP contribution in [0.3, 0.4) is 0 Å². The molecule has 0 aliphatic carbocycles. The highest BCUT2D eigenvalue weighted by atomic mass is 16.6. The molecule has 2 aromatic carbocycles. The number of ether oxygens (including phenoxy) is 2. The van der Waals surface area contributed by atoms with E-state index >= 15 is 0 Å². The van der Waals surface area contributed by atoms with E-state index in [1.165, 1.54) is 0 Å². The number of hydrogen-bond acceptors (Lipinski definition) is 6. The SMILES string of the molecule is CC(C)C[C@H](NC(=O)[C@H](CCCCNC(=O)OCc1ccccc1)NC(=O)OCc1ccccc1)C(N)=O. The third-order valence-corrected chi connectivity index (χ3v) is 5.59. The Labute approximate surface area is 223 Å². The van der Waals surface area contributed by atoms with E-state index in [1.54, 1.807) is 0 Å². The van der Waals surface area contributed by atoms with Crippen molar-refractivity contribution >= 4 is 24.0 Å². The number of unbranched alkanes of at least 4 members (excludes halogenated alkanes) is 1. The summed E-state index contributed by atoms with van der Waals surface area (Å²) < 4.78 is 10.4. The lowest BCUT2D eigenvalue weighted by Gasteiger charge is -2.23. The quantitative estimate of drug-likeness (QED) is 0.261. The number of hydrogen-bond donors (Lipinski definition) is 4. The summed E-state index contributed by atoms with van der Waals surface area (Å²) in [5, 5.41) is 7.90. The van der Waals surface area contributed by atoms with Gasteiger partial charge in [-0.25, -0.2) is 9.59 Å². The van der Waals surface area contributed by atoms with Crippen LogP contribution in [0.5, 0.6) is 0 Å². The van der Waals surface area contributed by atoms with Crippen LogP contribution >= 0.6 is 0 Å². The predicted octanol–water partition coefficient (Wildman–Crippen LogP) is 3.39. The molecule has 38 heavy (non-hydrogen) atoms. The summed E-state index contributed by atoms with van der Waals surface area (Å²) in [6.07, 6.45) is 0.388. The number of nitrogens with one attached hydrogen (secondary N) is 3. The zero-order chi connectivity index (χ0) is 27.8. The van der Waals surface area contributed by atoms with Gasteiger partial charge in [0.1, 0.15) is 25.3 Å². The van der Waals surface area contributed by atoms with E-state index in [2.05, 4.69) is 16.0 Å². The second-order valence-electron chi connectivity index (χ2n) is 9.34. The van der Waals surface area contributed by atoms with Gasteiger partial charge in [0, 0.05) is 6.54 Å². The van der Waals surface area contributed by atoms with Gasteiger partial charge in [-0.1, -0.05) is 74.5 Å². The van der Waals surface area contributed by atoms with Gasteiger partial charge in [0.15, 0.2) is 0 Å². The lowest BCUT2D eigenvalue weighted by atomic mass is 10.0. The lowest BCUT2D eigenvalue weighted by Crippen LogP contribution is -2.53. The van der Waals surface area contributed by atoms with Crippen molar-refractivity contribution in [2.75, 3.05) is 6.54 Å². The Morgan fingerprint density at radius 3 is 1.84 bits per heavy atom. The Morgan fingerprint density at radius 2 is 1.32 bits per heavy atom. The third kappa shape index (κ3) is 12.2. The number of rotatable bonds is 15. The van der Waals surface area contributed by atoms with Crippen molar-refractivity contribution in [3.05, 3.63) is 71.8 Å². The molecule has 0 fully saturated rings. The van der Waals surface area contributed by atoms with Crippen LogP contribution < -0.4 is 21.7 Å². The highest BCUT2D eigenvalue weighted by molar-refractivity contribution is 5.90. The number of benzene rings is 2. The van der Waals surface area contributed by atoms with Crippen LogP contribution in [0, 0.1) is 5.92 Å². The summed E-state index contributed by atoms with van der Waals surface area (Å²) in [6.45, 7) is 4.37. The van der Waals surface area contributed by atoms with Gasteiger partial charge in [-0.05, 0) is 42.7 Å². The molecule has 2 aromatic rings. The first-order valence-corrected chi connectivity index (χ1v) is 12.8. The molecule has 0 heterocycles. The van der Waals surface area contributed by atoms with Crippen molar-refractivity contribution in [1.29, 1.82) is 0 Å². The van der Waals surface area contributed by atoms with E-state index in [4.69, 9.17) is 15.2 Å². The molecule has 0 spiro atoms. The zero-order valence-corrected chi connectivity index (χ0v) is 22.0. The molecule has 4 amide bonds. The van der Waals surface area contributed by atoms with Gasteiger partial charge in [-0.3, -0.25) is 9.59 Å². The normalized spacial score (nSPS) is 12.2. The third-order valence-electron chi connectivity index (χ3n) is 5.59. The Kier molecular flexibility index (Phi) is 13.2. The minimum atomic E-state index is -0.947. The minimum absolute atomic E-state index is 0.0489. The molecule has 0 unspecified atom stereocenters. The topological polar surface area (TPSA) is 149 Å². The molecule has 0 saturated heterocycles. The van der Waals surface area contributed by atoms with Crippen LogP contribution in [0.1, 0.15) is 50.7 Å². The summed E-state index contributed by atoms with van der Waals surface area (Å²) in [7, 11) is 0. The second kappa shape index (κ2) is 16.6. The summed E-state index contributed by atoms with van der Waals surface area (Å²) in [5.74, 6) is -1.04. The average molecular weight is 527 g/mol. The number of carbonyl (C=O) groups is 4. The minimum Gasteiger partial charge on any atom is -0.445 e. The molecule has 2 rings (SSSR count). The fourth-order valence-electron chi connectivity index (χ4n) is 3.60. The highest BCUT2D eigenvalue weighted by Crippen LogP contribution is 2.08. The van der Waals surface area contributed by atoms with Crippen LogP contribution in [0.4, 0.5) is 9.59 Å². The van der Waals surface area contributed by atoms with E-state index in [0.717, 1.165) is 11.1 Å². The first kappa shape index (κ1) is 30.1. The molecular formula is C28H38N4O6. The van der Waals surface area contributed by atoms with E-state index in [9.17, 15) is 19.2 Å². The van der Waals surface area contributed by atoms with Crippen LogP contribution in [0.25, 0.3) is 0 Å². The molecule has 206 valence electrons. The van der Waals surface area contributed by atoms with Crippen molar-refractivity contribution in [3.8, 4) is 0 Å². The van der Waals surface area contributed by atoms with Gasteiger partial charge in [-0.2, -0.15) is 0 Å². The largest absolute Gasteiger partial charge is 0.445 e. The summed E-state index contributed by atoms with van der Waals surface area (Å²) >= 11 is 0. The molecule has 10 heteroatoms. The van der Waals surface area contributed by atoms with Gasteiger partial charge in [0.2, 0.25) is 11.8 Å². The van der Waals surface area contributed by atoms with Crippen molar-refractivity contribution in [3.63, 3.8) is 0 Å². The van der Waals surface area contributed by atoms with Crippen molar-refractivity contribution in [2.45, 2.75) is 64.8 Å². The number of primary amides is 1. The molecule has 0 radical (unpaired) electrons. The maximum absolute atomic E-state index is 13.0. The van der Waals surface area contributed by atoms with Crippen LogP contribution in [-0.4, -0.2) is 42.6 Å². The summed E-state index contributed by atoms with van der Waals surface area (Å²) in [4.78, 5) is 49.1. The molecule has 5 N–H and O–H groups in total. The average Bonchev–Trinajstić information content (AvgIpc) is 2.90. The summed E-state index contributed by atoms with van der Waals surface area (Å²) in [5.41, 5.74) is 7.15. The standard InChI is InChI=1S/C28H38N4O6/c1-20(2)17-24(25(29)33)31-26(34)23(32-28(36)38-19-22-13-7-4-8-14-22)15-9-10-16-30-27(35)37-18-21-11-5-3-6-12-21/h3-8,11-14,20,23-24H,9-10,15-19H2,1-2H3,(H2,29,33)(H,30,35)(H,31,34)(H,32,36)/t23-,24-/m0/s1. The Hall–Kier alpha value is -4.08. The molecule has 0 saturated carbocycles. The van der Waals surface area contributed by atoms with Gasteiger partial charge >= 0.3 is 12.2 Å². The Bertz CT molecular complexity index is 1020. The molecule has 0 aliphatic rings. The number of amides is 4. The predicted molar refractivity (Wildman–Crippen MR) is 143 cm³/mol. The first-order valence-electron chi connectivity index (χ1n) is 12.8. The fourth-order valence-corrected chi connectivity index (χ4v) is 3.60. The second-order valence-corrected chi connectivity index (χ2v) is 9.34. The number of nitrogens with two attached hydrogens (primary N) is 1. The van der Waals surface area contributed by atoms with Crippen LogP contribution in [0.2, 0.25) is 0 Å². The molecule has 0 aromatic heterocycles. The Morgan fingerprint density at radius 1 is 0.763 bits per heavy atom. The van der Waals surface area contributed by atoms with E-state index in [0.29, 0.717) is 25.8 Å². The fraction of sp³-hybridized carbons (Fsp3) is 0.429. The van der Waals surface area contributed by atoms with Crippen molar-refractivity contribution < 1.29 is 28.7 Å². The van der Waals surface area contributed by atoms with Gasteiger partial charge in [0.25, 0.3) is 0 Å². The molecule has 10 nitrogen and oxygen atoms in total. The van der Waals surface area contributed by atoms with Crippen LogP contribution in [0.15, 0.2) is 60.7 Å². The van der Waals surface area contributed by atoms with E-state index in [-0.39, 0.29) is 25.6 Å². The van der Waals surface area contributed by atoms with E-state index in [1.807, 2.05) is 74.5 Å². The Balaban J connectivity index is 1.84. The molecular weight excluding hydrogens is 488 g/mol. The van der Waals surface area contributed by atoms with Crippen molar-refractivity contribution in [1.82, 2.24) is 16.0 Å². The highest BCUT2D eigenvalue weighted by Gasteiger charge is 2.26. The lowest BCUT2D eigenvalue weighted by molar-refractivity contribution is -0.129. The maximum Gasteiger partial charge on any atom is 0.408 e. The molecule has 0 aliphatic heterocycles. The van der Waals surface area contributed by atoms with E-state index < -0.39 is 36.1 Å². The monoisotopic (exact) mass is 526 g/mol. The summed E-state index contributed by atoms with van der Waals surface area (Å²) in [6, 6.07) is 16.7. The molecule has 2 atom stereocenters. The van der Waals surface area contributed by atoms with Gasteiger partial charge in [0.05, 0.1) is 0 Å². The van der Waals surface area contributed by atoms with Gasteiger partial charge < -0.3 is 31.2 Å². The van der Waals surface area contributed by atoms with Gasteiger partial charge in [-0.15, -0.1) is 0 Å². The maximum atomic E-state index is 13.0. The number of alkyl carbamates (subject to hydrolysis) is 2.